The van der Waals surface area contributed by atoms with E-state index in [0.717, 1.165) is 5.56 Å². The molecule has 1 aromatic heterocycles. The normalized spacial score (nSPS) is 11.3. The molecule has 0 saturated heterocycles. The van der Waals surface area contributed by atoms with Crippen LogP contribution in [-0.4, -0.2) is 20.6 Å². The molecule has 3 rings (SSSR count). The molecule has 3 aromatic rings. The fourth-order valence-corrected chi connectivity index (χ4v) is 2.96. The number of para-hydroxylation sites is 1. The quantitative estimate of drug-likeness (QED) is 0.718. The van der Waals surface area contributed by atoms with E-state index in [2.05, 4.69) is 31.0 Å². The van der Waals surface area contributed by atoms with Gasteiger partial charge in [-0.15, -0.1) is 0 Å². The van der Waals surface area contributed by atoms with E-state index in [-0.39, 0.29) is 12.0 Å². The van der Waals surface area contributed by atoms with Gasteiger partial charge in [0.15, 0.2) is 0 Å². The number of fused-ring (bicyclic) bond motifs is 1. The number of rotatable bonds is 6. The van der Waals surface area contributed by atoms with Gasteiger partial charge in [0.2, 0.25) is 0 Å². The summed E-state index contributed by atoms with van der Waals surface area (Å²) in [5.41, 5.74) is 3.93. The summed E-state index contributed by atoms with van der Waals surface area (Å²) in [7, 11) is 0. The Balaban J connectivity index is 2.03. The molecule has 0 unspecified atom stereocenters. The van der Waals surface area contributed by atoms with E-state index in [1.165, 1.54) is 11.1 Å². The van der Waals surface area contributed by atoms with Crippen molar-refractivity contribution in [2.24, 2.45) is 0 Å². The van der Waals surface area contributed by atoms with Crippen molar-refractivity contribution < 1.29 is 9.90 Å². The van der Waals surface area contributed by atoms with Crippen molar-refractivity contribution in [2.75, 3.05) is 0 Å². The molecule has 0 fully saturated rings. The van der Waals surface area contributed by atoms with Gasteiger partial charge < -0.3 is 5.11 Å². The van der Waals surface area contributed by atoms with Crippen LogP contribution in [0.4, 0.5) is 0 Å². The topological polar surface area (TPSA) is 72.2 Å². The SMILES string of the molecule is Cc1ccc(/C=C/c2nc3ccccc3c(=O)n2CCCC(=O)O)cc1C. The van der Waals surface area contributed by atoms with Crippen LogP contribution in [0.15, 0.2) is 47.3 Å². The van der Waals surface area contributed by atoms with Crippen molar-refractivity contribution in [3.63, 3.8) is 0 Å². The van der Waals surface area contributed by atoms with Crippen molar-refractivity contribution in [2.45, 2.75) is 33.2 Å². The fraction of sp³-hybridized carbons (Fsp3) is 0.227. The number of aromatic nitrogens is 2. The zero-order chi connectivity index (χ0) is 19.4. The highest BCUT2D eigenvalue weighted by Gasteiger charge is 2.09. The van der Waals surface area contributed by atoms with Gasteiger partial charge in [0.25, 0.3) is 5.56 Å². The molecule has 0 aliphatic carbocycles. The van der Waals surface area contributed by atoms with E-state index >= 15 is 0 Å². The predicted octanol–water partition coefficient (Wildman–Crippen LogP) is 4.05. The van der Waals surface area contributed by atoms with Gasteiger partial charge in [-0.1, -0.05) is 36.4 Å². The highest BCUT2D eigenvalue weighted by molar-refractivity contribution is 5.79. The minimum atomic E-state index is -0.871. The first kappa shape index (κ1) is 18.6. The van der Waals surface area contributed by atoms with E-state index in [4.69, 9.17) is 5.11 Å². The number of nitrogens with zero attached hydrogens (tertiary/aromatic N) is 2. The van der Waals surface area contributed by atoms with Gasteiger partial charge >= 0.3 is 5.97 Å². The first-order valence-electron chi connectivity index (χ1n) is 8.92. The van der Waals surface area contributed by atoms with Gasteiger partial charge in [-0.25, -0.2) is 4.98 Å². The Morgan fingerprint density at radius 1 is 1.11 bits per heavy atom. The fourth-order valence-electron chi connectivity index (χ4n) is 2.96. The van der Waals surface area contributed by atoms with Crippen molar-refractivity contribution in [1.82, 2.24) is 9.55 Å². The van der Waals surface area contributed by atoms with Crippen LogP contribution in [0.1, 0.15) is 35.4 Å². The maximum atomic E-state index is 12.9. The summed E-state index contributed by atoms with van der Waals surface area (Å²) < 4.78 is 1.56. The van der Waals surface area contributed by atoms with E-state index in [1.54, 1.807) is 16.7 Å². The molecule has 0 bridgehead atoms. The molecule has 0 saturated carbocycles. The molecule has 1 heterocycles. The second kappa shape index (κ2) is 7.99. The van der Waals surface area contributed by atoms with Gasteiger partial charge in [-0.3, -0.25) is 14.2 Å². The van der Waals surface area contributed by atoms with E-state index in [9.17, 15) is 9.59 Å². The Hall–Kier alpha value is -3.21. The monoisotopic (exact) mass is 362 g/mol. The molecule has 0 radical (unpaired) electrons. The van der Waals surface area contributed by atoms with Crippen molar-refractivity contribution >= 4 is 29.0 Å². The minimum absolute atomic E-state index is 0.0135. The van der Waals surface area contributed by atoms with Crippen LogP contribution in [0.3, 0.4) is 0 Å². The zero-order valence-corrected chi connectivity index (χ0v) is 15.5. The third-order valence-corrected chi connectivity index (χ3v) is 4.62. The Labute approximate surface area is 157 Å². The van der Waals surface area contributed by atoms with Gasteiger partial charge in [0.05, 0.1) is 10.9 Å². The molecule has 5 heteroatoms. The maximum Gasteiger partial charge on any atom is 0.303 e. The molecule has 2 aromatic carbocycles. The summed E-state index contributed by atoms with van der Waals surface area (Å²) in [6, 6.07) is 13.4. The summed E-state index contributed by atoms with van der Waals surface area (Å²) in [5, 5.41) is 9.42. The first-order chi connectivity index (χ1) is 13.0. The van der Waals surface area contributed by atoms with Crippen LogP contribution >= 0.6 is 0 Å². The highest BCUT2D eigenvalue weighted by Crippen LogP contribution is 2.14. The summed E-state index contributed by atoms with van der Waals surface area (Å²) in [5.74, 6) is -0.341. The van der Waals surface area contributed by atoms with Gasteiger partial charge in [-0.05, 0) is 55.2 Å². The van der Waals surface area contributed by atoms with Gasteiger partial charge in [0.1, 0.15) is 5.82 Å². The molecule has 5 nitrogen and oxygen atoms in total. The van der Waals surface area contributed by atoms with Crippen LogP contribution in [0.25, 0.3) is 23.1 Å². The standard InChI is InChI=1S/C22H22N2O3/c1-15-9-10-17(14-16(15)2)11-12-20-23-19-7-4-3-6-18(19)22(27)24(20)13-5-8-21(25)26/h3-4,6-7,9-12,14H,5,8,13H2,1-2H3,(H,25,26)/b12-11+. The van der Waals surface area contributed by atoms with Gasteiger partial charge in [0, 0.05) is 13.0 Å². The number of aliphatic carboxylic acids is 1. The van der Waals surface area contributed by atoms with Crippen LogP contribution < -0.4 is 5.56 Å². The lowest BCUT2D eigenvalue weighted by Crippen LogP contribution is -2.24. The summed E-state index contributed by atoms with van der Waals surface area (Å²) >= 11 is 0. The summed E-state index contributed by atoms with van der Waals surface area (Å²) in [6.07, 6.45) is 4.13. The third kappa shape index (κ3) is 4.31. The molecule has 0 atom stereocenters. The average Bonchev–Trinajstić information content (AvgIpc) is 2.64. The predicted molar refractivity (Wildman–Crippen MR) is 108 cm³/mol. The average molecular weight is 362 g/mol. The van der Waals surface area contributed by atoms with Crippen molar-refractivity contribution in [3.05, 3.63) is 75.3 Å². The lowest BCUT2D eigenvalue weighted by atomic mass is 10.1. The minimum Gasteiger partial charge on any atom is -0.481 e. The molecule has 138 valence electrons. The smallest absolute Gasteiger partial charge is 0.303 e. The second-order valence-corrected chi connectivity index (χ2v) is 6.62. The van der Waals surface area contributed by atoms with Gasteiger partial charge in [-0.2, -0.15) is 0 Å². The van der Waals surface area contributed by atoms with E-state index in [0.29, 0.717) is 29.7 Å². The Morgan fingerprint density at radius 2 is 1.89 bits per heavy atom. The number of hydrogen-bond donors (Lipinski definition) is 1. The van der Waals surface area contributed by atoms with Crippen molar-refractivity contribution in [3.8, 4) is 0 Å². The lowest BCUT2D eigenvalue weighted by molar-refractivity contribution is -0.137. The van der Waals surface area contributed by atoms with Crippen LogP contribution in [0.2, 0.25) is 0 Å². The Bertz CT molecular complexity index is 1080. The maximum absolute atomic E-state index is 12.9. The number of carboxylic acid groups (broad SMARTS) is 1. The number of aryl methyl sites for hydroxylation is 2. The van der Waals surface area contributed by atoms with Crippen LogP contribution in [0, 0.1) is 13.8 Å². The highest BCUT2D eigenvalue weighted by atomic mass is 16.4. The first-order valence-corrected chi connectivity index (χ1v) is 8.92. The zero-order valence-electron chi connectivity index (χ0n) is 15.5. The molecular weight excluding hydrogens is 340 g/mol. The molecule has 0 amide bonds. The molecule has 0 spiro atoms. The Kier molecular flexibility index (Phi) is 5.50. The summed E-state index contributed by atoms with van der Waals surface area (Å²) in [4.78, 5) is 28.3. The van der Waals surface area contributed by atoms with E-state index in [1.807, 2.05) is 30.4 Å². The summed E-state index contributed by atoms with van der Waals surface area (Å²) in [6.45, 7) is 4.44. The molecule has 0 aliphatic heterocycles. The second-order valence-electron chi connectivity index (χ2n) is 6.62. The lowest BCUT2D eigenvalue weighted by Gasteiger charge is -2.11. The third-order valence-electron chi connectivity index (χ3n) is 4.62. The largest absolute Gasteiger partial charge is 0.481 e. The van der Waals surface area contributed by atoms with E-state index < -0.39 is 5.97 Å². The van der Waals surface area contributed by atoms with Crippen molar-refractivity contribution in [1.29, 1.82) is 0 Å². The molecule has 27 heavy (non-hydrogen) atoms. The number of hydrogen-bond acceptors (Lipinski definition) is 3. The number of carbonyl (C=O) groups is 1. The van der Waals surface area contributed by atoms with Crippen LogP contribution in [0.5, 0.6) is 0 Å². The molecule has 1 N–H and O–H groups in total. The molecule has 0 aliphatic rings. The Morgan fingerprint density at radius 3 is 2.63 bits per heavy atom. The molecular formula is C22H22N2O3. The number of benzene rings is 2. The number of carboxylic acids is 1. The van der Waals surface area contributed by atoms with Crippen LogP contribution in [-0.2, 0) is 11.3 Å².